The summed E-state index contributed by atoms with van der Waals surface area (Å²) >= 11 is 0. The third kappa shape index (κ3) is 4.90. The lowest BCUT2D eigenvalue weighted by atomic mass is 10.0. The Morgan fingerprint density at radius 1 is 1.24 bits per heavy atom. The van der Waals surface area contributed by atoms with Crippen molar-refractivity contribution in [2.24, 2.45) is 5.73 Å². The van der Waals surface area contributed by atoms with Crippen LogP contribution in [0, 0.1) is 0 Å². The molecule has 0 spiro atoms. The Morgan fingerprint density at radius 2 is 1.88 bits per heavy atom. The third-order valence-corrected chi connectivity index (χ3v) is 2.89. The zero-order valence-corrected chi connectivity index (χ0v) is 11.1. The summed E-state index contributed by atoms with van der Waals surface area (Å²) < 4.78 is 0. The minimum Gasteiger partial charge on any atom is -0.399 e. The van der Waals surface area contributed by atoms with Gasteiger partial charge in [0.1, 0.15) is 0 Å². The number of hydrogen-bond acceptors (Lipinski definition) is 1. The fraction of sp³-hybridized carbons (Fsp3) is 0.375. The molecule has 1 aromatic carbocycles. The predicted octanol–water partition coefficient (Wildman–Crippen LogP) is 4.16. The van der Waals surface area contributed by atoms with E-state index < -0.39 is 0 Å². The summed E-state index contributed by atoms with van der Waals surface area (Å²) in [5.74, 6) is 0.610. The quantitative estimate of drug-likeness (QED) is 0.754. The first kappa shape index (κ1) is 13.6. The van der Waals surface area contributed by atoms with Crippen LogP contribution in [0.3, 0.4) is 0 Å². The molecule has 0 aromatic heterocycles. The zero-order valence-electron chi connectivity index (χ0n) is 11.1. The van der Waals surface area contributed by atoms with Crippen LogP contribution >= 0.6 is 0 Å². The van der Waals surface area contributed by atoms with E-state index in [1.54, 1.807) is 0 Å². The molecule has 1 aromatic rings. The van der Waals surface area contributed by atoms with Crippen LogP contribution in [0.1, 0.15) is 44.2 Å². The topological polar surface area (TPSA) is 26.0 Å². The van der Waals surface area contributed by atoms with Crippen LogP contribution in [-0.4, -0.2) is 0 Å². The molecule has 0 aliphatic heterocycles. The van der Waals surface area contributed by atoms with Crippen LogP contribution in [0.4, 0.5) is 0 Å². The van der Waals surface area contributed by atoms with Gasteiger partial charge in [0.25, 0.3) is 0 Å². The maximum Gasteiger partial charge on any atom is 0.0267 e. The molecule has 0 atom stereocenters. The summed E-state index contributed by atoms with van der Waals surface area (Å²) in [6.07, 6.45) is 8.13. The van der Waals surface area contributed by atoms with Gasteiger partial charge in [-0.1, -0.05) is 50.3 Å². The predicted molar refractivity (Wildman–Crippen MR) is 75.9 cm³/mol. The Labute approximate surface area is 105 Å². The Hall–Kier alpha value is -1.50. The number of aryl methyl sites for hydroxylation is 1. The van der Waals surface area contributed by atoms with Crippen LogP contribution in [0.25, 0.3) is 0 Å². The lowest BCUT2D eigenvalue weighted by Crippen LogP contribution is -1.91. The Morgan fingerprint density at radius 3 is 2.41 bits per heavy atom. The van der Waals surface area contributed by atoms with Crippen molar-refractivity contribution in [2.75, 3.05) is 0 Å². The first-order valence-electron chi connectivity index (χ1n) is 6.30. The van der Waals surface area contributed by atoms with Crippen LogP contribution in [0.2, 0.25) is 0 Å². The molecule has 0 radical (unpaired) electrons. The van der Waals surface area contributed by atoms with Gasteiger partial charge in [0.05, 0.1) is 0 Å². The third-order valence-electron chi connectivity index (χ3n) is 2.89. The molecule has 2 N–H and O–H groups in total. The molecule has 0 amide bonds. The highest BCUT2D eigenvalue weighted by atomic mass is 14.5. The molecule has 1 nitrogen and oxygen atoms in total. The molecule has 0 aliphatic rings. The number of nitrogens with two attached hydrogens (primary N) is 1. The maximum absolute atomic E-state index is 5.68. The smallest absolute Gasteiger partial charge is 0.0267 e. The van der Waals surface area contributed by atoms with Gasteiger partial charge in [-0.25, -0.2) is 0 Å². The molecule has 1 heteroatoms. The second-order valence-electron chi connectivity index (χ2n) is 4.63. The number of allylic oxidation sites excluding steroid dienone is 3. The fourth-order valence-corrected chi connectivity index (χ4v) is 1.63. The van der Waals surface area contributed by atoms with Gasteiger partial charge in [-0.15, -0.1) is 0 Å². The van der Waals surface area contributed by atoms with Crippen LogP contribution in [0.5, 0.6) is 0 Å². The van der Waals surface area contributed by atoms with E-state index in [4.69, 9.17) is 5.73 Å². The summed E-state index contributed by atoms with van der Waals surface area (Å²) in [4.78, 5) is 0. The molecule has 17 heavy (non-hydrogen) atoms. The number of benzene rings is 1. The summed E-state index contributed by atoms with van der Waals surface area (Å²) in [5, 5.41) is 0. The Balaban J connectivity index is 2.45. The van der Waals surface area contributed by atoms with E-state index in [2.05, 4.69) is 44.2 Å². The minimum atomic E-state index is 0.610. The van der Waals surface area contributed by atoms with Gasteiger partial charge < -0.3 is 5.73 Å². The highest BCUT2D eigenvalue weighted by Crippen LogP contribution is 2.15. The van der Waals surface area contributed by atoms with Crippen molar-refractivity contribution in [3.8, 4) is 0 Å². The SMILES string of the molecule is C/C=C(N)\C=C/CCc1ccc(C(C)C)cc1. The van der Waals surface area contributed by atoms with Crippen molar-refractivity contribution in [1.29, 1.82) is 0 Å². The standard InChI is InChI=1S/C16H23N/c1-4-16(17)8-6-5-7-14-9-11-15(12-10-14)13(2)3/h4,6,8-13H,5,7,17H2,1-3H3/b8-6-,16-4+. The molecular weight excluding hydrogens is 206 g/mol. The van der Waals surface area contributed by atoms with Crippen molar-refractivity contribution in [1.82, 2.24) is 0 Å². The highest BCUT2D eigenvalue weighted by molar-refractivity contribution is 5.25. The Bertz CT molecular complexity index is 382. The molecule has 0 aliphatic carbocycles. The second kappa shape index (κ2) is 6.95. The Kier molecular flexibility index (Phi) is 5.55. The lowest BCUT2D eigenvalue weighted by molar-refractivity contribution is 0.863. The van der Waals surface area contributed by atoms with Crippen molar-refractivity contribution in [2.45, 2.75) is 39.5 Å². The van der Waals surface area contributed by atoms with E-state index in [1.165, 1.54) is 11.1 Å². The molecule has 0 unspecified atom stereocenters. The van der Waals surface area contributed by atoms with Gasteiger partial charge in [-0.3, -0.25) is 0 Å². The number of hydrogen-bond donors (Lipinski definition) is 1. The molecule has 0 heterocycles. The van der Waals surface area contributed by atoms with Crippen LogP contribution < -0.4 is 5.73 Å². The van der Waals surface area contributed by atoms with E-state index in [0.717, 1.165) is 18.5 Å². The summed E-state index contributed by atoms with van der Waals surface area (Å²) in [7, 11) is 0. The monoisotopic (exact) mass is 229 g/mol. The van der Waals surface area contributed by atoms with Crippen molar-refractivity contribution in [3.05, 3.63) is 59.3 Å². The van der Waals surface area contributed by atoms with Gasteiger partial charge in [0, 0.05) is 5.70 Å². The van der Waals surface area contributed by atoms with E-state index in [1.807, 2.05) is 19.1 Å². The first-order valence-corrected chi connectivity index (χ1v) is 6.30. The average molecular weight is 229 g/mol. The molecule has 0 bridgehead atoms. The lowest BCUT2D eigenvalue weighted by Gasteiger charge is -2.06. The van der Waals surface area contributed by atoms with E-state index in [-0.39, 0.29) is 0 Å². The minimum absolute atomic E-state index is 0.610. The fourth-order valence-electron chi connectivity index (χ4n) is 1.63. The normalized spacial score (nSPS) is 12.6. The summed E-state index contributed by atoms with van der Waals surface area (Å²) in [6.45, 7) is 6.39. The van der Waals surface area contributed by atoms with Gasteiger partial charge in [0.2, 0.25) is 0 Å². The second-order valence-corrected chi connectivity index (χ2v) is 4.63. The van der Waals surface area contributed by atoms with Gasteiger partial charge >= 0.3 is 0 Å². The van der Waals surface area contributed by atoms with E-state index >= 15 is 0 Å². The molecule has 0 saturated heterocycles. The molecular formula is C16H23N. The summed E-state index contributed by atoms with van der Waals surface area (Å²) in [5.41, 5.74) is 9.31. The van der Waals surface area contributed by atoms with E-state index in [9.17, 15) is 0 Å². The van der Waals surface area contributed by atoms with Gasteiger partial charge in [-0.2, -0.15) is 0 Å². The molecule has 92 valence electrons. The highest BCUT2D eigenvalue weighted by Gasteiger charge is 1.98. The van der Waals surface area contributed by atoms with Crippen molar-refractivity contribution >= 4 is 0 Å². The van der Waals surface area contributed by atoms with E-state index in [0.29, 0.717) is 5.92 Å². The van der Waals surface area contributed by atoms with Crippen LogP contribution in [-0.2, 0) is 6.42 Å². The van der Waals surface area contributed by atoms with Crippen LogP contribution in [0.15, 0.2) is 48.2 Å². The first-order chi connectivity index (χ1) is 8.13. The number of rotatable bonds is 5. The average Bonchev–Trinajstić information content (AvgIpc) is 2.34. The van der Waals surface area contributed by atoms with Crippen molar-refractivity contribution < 1.29 is 0 Å². The molecule has 0 saturated carbocycles. The van der Waals surface area contributed by atoms with Gasteiger partial charge in [0.15, 0.2) is 0 Å². The molecule has 1 rings (SSSR count). The maximum atomic E-state index is 5.68. The summed E-state index contributed by atoms with van der Waals surface area (Å²) in [6, 6.07) is 8.90. The van der Waals surface area contributed by atoms with Crippen molar-refractivity contribution in [3.63, 3.8) is 0 Å². The molecule has 0 fully saturated rings. The zero-order chi connectivity index (χ0) is 12.7. The largest absolute Gasteiger partial charge is 0.399 e. The van der Waals surface area contributed by atoms with Gasteiger partial charge in [-0.05, 0) is 42.9 Å².